The molecule has 3 heterocycles. The first kappa shape index (κ1) is 23.4. The van der Waals surface area contributed by atoms with Crippen LogP contribution in [0.5, 0.6) is 0 Å². The van der Waals surface area contributed by atoms with Gasteiger partial charge in [0.15, 0.2) is 0 Å². The summed E-state index contributed by atoms with van der Waals surface area (Å²) in [6.07, 6.45) is 6.12. The quantitative estimate of drug-likeness (QED) is 0.450. The number of likely N-dealkylation sites (tertiary alicyclic amines) is 1. The van der Waals surface area contributed by atoms with Crippen LogP contribution in [-0.2, 0) is 22.4 Å². The fraction of sp³-hybridized carbons (Fsp3) is 0.480. The van der Waals surface area contributed by atoms with Crippen LogP contribution in [0.3, 0.4) is 0 Å². The Morgan fingerprint density at radius 2 is 2.03 bits per heavy atom. The average Bonchev–Trinajstić information content (AvgIpc) is 3.55. The molecule has 2 amide bonds. The molecule has 0 spiro atoms. The number of amides is 2. The van der Waals surface area contributed by atoms with E-state index < -0.39 is 0 Å². The van der Waals surface area contributed by atoms with Crippen molar-refractivity contribution in [3.05, 3.63) is 45.3 Å². The maximum Gasteiger partial charge on any atom is 0.254 e. The van der Waals surface area contributed by atoms with E-state index in [1.807, 2.05) is 18.2 Å². The molecule has 7 nitrogen and oxygen atoms in total. The Morgan fingerprint density at radius 3 is 2.88 bits per heavy atom. The maximum atomic E-state index is 13.2. The van der Waals surface area contributed by atoms with Crippen LogP contribution in [0.2, 0.25) is 0 Å². The third-order valence-electron chi connectivity index (χ3n) is 6.55. The zero-order valence-corrected chi connectivity index (χ0v) is 21.0. The molecule has 2 aromatic heterocycles. The third kappa shape index (κ3) is 4.88. The van der Waals surface area contributed by atoms with Crippen molar-refractivity contribution < 1.29 is 14.3 Å². The second-order valence-corrected chi connectivity index (χ2v) is 11.0. The molecule has 34 heavy (non-hydrogen) atoms. The Hall–Kier alpha value is -2.33. The minimum Gasteiger partial charge on any atom is -0.383 e. The molecule has 9 heteroatoms. The highest BCUT2D eigenvalue weighted by molar-refractivity contribution is 7.18. The van der Waals surface area contributed by atoms with E-state index in [4.69, 9.17) is 9.72 Å². The lowest BCUT2D eigenvalue weighted by Crippen LogP contribution is -2.33. The van der Waals surface area contributed by atoms with Gasteiger partial charge in [-0.15, -0.1) is 22.7 Å². The zero-order valence-electron chi connectivity index (χ0n) is 19.4. The van der Waals surface area contributed by atoms with Gasteiger partial charge in [-0.25, -0.2) is 4.98 Å². The van der Waals surface area contributed by atoms with Crippen LogP contribution in [0.25, 0.3) is 10.2 Å². The summed E-state index contributed by atoms with van der Waals surface area (Å²) in [5.74, 6) is -0.196. The Kier molecular flexibility index (Phi) is 7.24. The Balaban J connectivity index is 1.31. The lowest BCUT2D eigenvalue weighted by Gasteiger charge is -2.22. The van der Waals surface area contributed by atoms with E-state index >= 15 is 0 Å². The van der Waals surface area contributed by atoms with Crippen molar-refractivity contribution in [2.24, 2.45) is 0 Å². The third-order valence-corrected chi connectivity index (χ3v) is 8.89. The van der Waals surface area contributed by atoms with Crippen LogP contribution in [0.4, 0.5) is 5.00 Å². The number of hydrogen-bond acceptors (Lipinski definition) is 7. The van der Waals surface area contributed by atoms with Crippen molar-refractivity contribution in [2.45, 2.75) is 44.6 Å². The number of anilines is 1. The van der Waals surface area contributed by atoms with Crippen LogP contribution in [0, 0.1) is 0 Å². The molecule has 1 aliphatic carbocycles. The molecule has 2 N–H and O–H groups in total. The lowest BCUT2D eigenvalue weighted by atomic mass is 9.95. The molecule has 2 aliphatic rings. The normalized spacial score (nSPS) is 18.2. The number of rotatable bonds is 8. The standard InChI is InChI=1S/C25H30N4O3S2/c1-32-14-12-26-23(31)22-16-7-2-4-10-19(16)33-25(22)28-21(30)15-29-13-6-9-18(29)24-27-17-8-3-5-11-20(17)34-24/h3,5,8,11,18H,2,4,6-7,9-10,12-15H2,1H3,(H,26,31)(H,28,30). The van der Waals surface area contributed by atoms with E-state index in [1.54, 1.807) is 29.8 Å². The van der Waals surface area contributed by atoms with Gasteiger partial charge in [-0.05, 0) is 62.8 Å². The predicted molar refractivity (Wildman–Crippen MR) is 137 cm³/mol. The van der Waals surface area contributed by atoms with Crippen molar-refractivity contribution >= 4 is 49.7 Å². The van der Waals surface area contributed by atoms with Gasteiger partial charge in [0.2, 0.25) is 5.91 Å². The van der Waals surface area contributed by atoms with Gasteiger partial charge in [0, 0.05) is 18.5 Å². The van der Waals surface area contributed by atoms with Crippen molar-refractivity contribution in [1.82, 2.24) is 15.2 Å². The number of para-hydroxylation sites is 1. The van der Waals surface area contributed by atoms with E-state index in [2.05, 4.69) is 21.6 Å². The molecule has 0 bridgehead atoms. The molecule has 1 aliphatic heterocycles. The number of thiophene rings is 1. The highest BCUT2D eigenvalue weighted by Gasteiger charge is 2.31. The fourth-order valence-electron chi connectivity index (χ4n) is 4.93. The number of aryl methyl sites for hydroxylation is 1. The van der Waals surface area contributed by atoms with Crippen molar-refractivity contribution in [2.75, 3.05) is 38.7 Å². The van der Waals surface area contributed by atoms with Gasteiger partial charge < -0.3 is 15.4 Å². The van der Waals surface area contributed by atoms with E-state index in [-0.39, 0.29) is 17.9 Å². The fourth-order valence-corrected chi connectivity index (χ4v) is 7.37. The number of nitrogens with one attached hydrogen (secondary N) is 2. The number of thiazole rings is 1. The summed E-state index contributed by atoms with van der Waals surface area (Å²) in [7, 11) is 1.62. The van der Waals surface area contributed by atoms with Crippen LogP contribution in [-0.4, -0.2) is 55.0 Å². The zero-order chi connectivity index (χ0) is 23.5. The van der Waals surface area contributed by atoms with Crippen LogP contribution in [0.1, 0.15) is 57.5 Å². The summed E-state index contributed by atoms with van der Waals surface area (Å²) in [5.41, 5.74) is 2.77. The molecule has 1 fully saturated rings. The largest absolute Gasteiger partial charge is 0.383 e. The molecule has 1 atom stereocenters. The number of fused-ring (bicyclic) bond motifs is 2. The van der Waals surface area contributed by atoms with Gasteiger partial charge >= 0.3 is 0 Å². The molecule has 1 saturated heterocycles. The van der Waals surface area contributed by atoms with Crippen molar-refractivity contribution in [3.8, 4) is 0 Å². The molecular weight excluding hydrogens is 468 g/mol. The van der Waals surface area contributed by atoms with Crippen molar-refractivity contribution in [3.63, 3.8) is 0 Å². The average molecular weight is 499 g/mol. The van der Waals surface area contributed by atoms with Crippen molar-refractivity contribution in [1.29, 1.82) is 0 Å². The highest BCUT2D eigenvalue weighted by Crippen LogP contribution is 2.39. The van der Waals surface area contributed by atoms with Gasteiger partial charge in [-0.1, -0.05) is 12.1 Å². The summed E-state index contributed by atoms with van der Waals surface area (Å²) < 4.78 is 6.25. The van der Waals surface area contributed by atoms with Crippen LogP contribution < -0.4 is 10.6 Å². The van der Waals surface area contributed by atoms with Gasteiger partial charge in [0.1, 0.15) is 10.0 Å². The summed E-state index contributed by atoms with van der Waals surface area (Å²) >= 11 is 3.28. The van der Waals surface area contributed by atoms with E-state index in [0.29, 0.717) is 30.3 Å². The number of hydrogen-bond donors (Lipinski definition) is 2. The lowest BCUT2D eigenvalue weighted by molar-refractivity contribution is -0.117. The second kappa shape index (κ2) is 10.5. The minimum atomic E-state index is -0.125. The second-order valence-electron chi connectivity index (χ2n) is 8.86. The number of carbonyl (C=O) groups is 2. The number of aromatic nitrogens is 1. The maximum absolute atomic E-state index is 13.2. The summed E-state index contributed by atoms with van der Waals surface area (Å²) in [4.78, 5) is 34.4. The van der Waals surface area contributed by atoms with E-state index in [9.17, 15) is 9.59 Å². The number of carbonyl (C=O) groups excluding carboxylic acids is 2. The van der Waals surface area contributed by atoms with E-state index in [1.165, 1.54) is 9.58 Å². The minimum absolute atomic E-state index is 0.0717. The SMILES string of the molecule is COCCNC(=O)c1c(NC(=O)CN2CCCC2c2nc3ccccc3s2)sc2c1CCCC2. The number of methoxy groups -OCH3 is 1. The highest BCUT2D eigenvalue weighted by atomic mass is 32.1. The molecule has 0 radical (unpaired) electrons. The molecule has 0 saturated carbocycles. The summed E-state index contributed by atoms with van der Waals surface area (Å²) in [6.45, 7) is 2.08. The van der Waals surface area contributed by atoms with Gasteiger partial charge in [-0.3, -0.25) is 14.5 Å². The Morgan fingerprint density at radius 1 is 1.18 bits per heavy atom. The smallest absolute Gasteiger partial charge is 0.254 e. The predicted octanol–water partition coefficient (Wildman–Crippen LogP) is 4.39. The molecule has 5 rings (SSSR count). The number of nitrogens with zero attached hydrogens (tertiary/aromatic N) is 2. The van der Waals surface area contributed by atoms with Crippen LogP contribution >= 0.6 is 22.7 Å². The Labute approximate surface area is 207 Å². The summed E-state index contributed by atoms with van der Waals surface area (Å²) in [6, 6.07) is 8.35. The van der Waals surface area contributed by atoms with E-state index in [0.717, 1.165) is 61.2 Å². The number of benzene rings is 1. The monoisotopic (exact) mass is 498 g/mol. The van der Waals surface area contributed by atoms with Crippen LogP contribution in [0.15, 0.2) is 24.3 Å². The van der Waals surface area contributed by atoms with Gasteiger partial charge in [-0.2, -0.15) is 0 Å². The summed E-state index contributed by atoms with van der Waals surface area (Å²) in [5, 5.41) is 7.79. The number of ether oxygens (including phenoxy) is 1. The molecule has 1 unspecified atom stereocenters. The molecule has 1 aromatic carbocycles. The molecular formula is C25H30N4O3S2. The Bertz CT molecular complexity index is 1160. The first-order chi connectivity index (χ1) is 16.6. The van der Waals surface area contributed by atoms with Gasteiger partial charge in [0.25, 0.3) is 5.91 Å². The first-order valence-corrected chi connectivity index (χ1v) is 13.6. The first-order valence-electron chi connectivity index (χ1n) is 11.9. The van der Waals surface area contributed by atoms with Gasteiger partial charge in [0.05, 0.1) is 35.0 Å². The topological polar surface area (TPSA) is 83.6 Å². The molecule has 180 valence electrons. The molecule has 3 aromatic rings.